The van der Waals surface area contributed by atoms with E-state index in [-0.39, 0.29) is 5.75 Å². The maximum Gasteiger partial charge on any atom is 0.151 e. The van der Waals surface area contributed by atoms with Gasteiger partial charge in [0.05, 0.1) is 5.75 Å². The molecule has 0 saturated heterocycles. The van der Waals surface area contributed by atoms with Gasteiger partial charge in [0.2, 0.25) is 0 Å². The molecular formula is C7H17NO2S. The van der Waals surface area contributed by atoms with E-state index in [0.29, 0.717) is 18.7 Å². The standard InChI is InChI=1S/C7H17NO2S/c1-3-6-11(9,10)7-5-8-4-2/h8H,3-7H2,1-2H3. The molecule has 0 fully saturated rings. The molecule has 0 rings (SSSR count). The number of sulfone groups is 1. The zero-order valence-corrected chi connectivity index (χ0v) is 8.08. The SMILES string of the molecule is CCCS(=O)(=O)CCNCC. The van der Waals surface area contributed by atoms with Crippen LogP contribution in [0.1, 0.15) is 20.3 Å². The van der Waals surface area contributed by atoms with Crippen molar-refractivity contribution in [3.8, 4) is 0 Å². The summed E-state index contributed by atoms with van der Waals surface area (Å²) < 4.78 is 22.1. The molecule has 0 saturated carbocycles. The molecule has 0 aromatic carbocycles. The number of hydrogen-bond donors (Lipinski definition) is 1. The molecule has 0 unspecified atom stereocenters. The highest BCUT2D eigenvalue weighted by atomic mass is 32.2. The molecule has 0 amide bonds. The van der Waals surface area contributed by atoms with Gasteiger partial charge in [0, 0.05) is 12.3 Å². The van der Waals surface area contributed by atoms with Crippen LogP contribution in [0.5, 0.6) is 0 Å². The van der Waals surface area contributed by atoms with Gasteiger partial charge < -0.3 is 5.32 Å². The van der Waals surface area contributed by atoms with E-state index in [0.717, 1.165) is 6.54 Å². The molecule has 0 bridgehead atoms. The van der Waals surface area contributed by atoms with E-state index in [1.165, 1.54) is 0 Å². The number of nitrogens with one attached hydrogen (secondary N) is 1. The molecule has 11 heavy (non-hydrogen) atoms. The van der Waals surface area contributed by atoms with Gasteiger partial charge >= 0.3 is 0 Å². The van der Waals surface area contributed by atoms with Crippen molar-refractivity contribution in [2.24, 2.45) is 0 Å². The average Bonchev–Trinajstić information content (AvgIpc) is 1.87. The van der Waals surface area contributed by atoms with E-state index in [1.807, 2.05) is 13.8 Å². The van der Waals surface area contributed by atoms with Gasteiger partial charge in [0.15, 0.2) is 9.84 Å². The van der Waals surface area contributed by atoms with Gasteiger partial charge in [-0.05, 0) is 13.0 Å². The summed E-state index contributed by atoms with van der Waals surface area (Å²) in [5, 5.41) is 2.98. The molecule has 0 aromatic heterocycles. The fourth-order valence-electron chi connectivity index (χ4n) is 0.818. The van der Waals surface area contributed by atoms with Gasteiger partial charge in [-0.2, -0.15) is 0 Å². The van der Waals surface area contributed by atoms with Gasteiger partial charge in [-0.15, -0.1) is 0 Å². The Balaban J connectivity index is 3.56. The first kappa shape index (κ1) is 10.9. The van der Waals surface area contributed by atoms with Crippen LogP contribution in [0.3, 0.4) is 0 Å². The molecule has 0 atom stereocenters. The first-order chi connectivity index (χ1) is 5.12. The minimum atomic E-state index is -2.77. The van der Waals surface area contributed by atoms with Gasteiger partial charge in [-0.1, -0.05) is 13.8 Å². The van der Waals surface area contributed by atoms with Crippen molar-refractivity contribution in [2.75, 3.05) is 24.6 Å². The maximum atomic E-state index is 11.1. The Morgan fingerprint density at radius 3 is 2.27 bits per heavy atom. The van der Waals surface area contributed by atoms with Crippen LogP contribution in [0.25, 0.3) is 0 Å². The largest absolute Gasteiger partial charge is 0.316 e. The minimum Gasteiger partial charge on any atom is -0.316 e. The molecule has 0 spiro atoms. The van der Waals surface area contributed by atoms with Crippen LogP contribution in [0.15, 0.2) is 0 Å². The van der Waals surface area contributed by atoms with E-state index in [1.54, 1.807) is 0 Å². The molecule has 0 aliphatic carbocycles. The predicted octanol–water partition coefficient (Wildman–Crippen LogP) is 0.421. The normalized spacial score (nSPS) is 11.8. The summed E-state index contributed by atoms with van der Waals surface area (Å²) in [5.74, 6) is 0.590. The molecular weight excluding hydrogens is 162 g/mol. The van der Waals surface area contributed by atoms with Crippen LogP contribution in [0.4, 0.5) is 0 Å². The summed E-state index contributed by atoms with van der Waals surface area (Å²) in [5.41, 5.74) is 0. The molecule has 3 nitrogen and oxygen atoms in total. The zero-order valence-electron chi connectivity index (χ0n) is 7.26. The lowest BCUT2D eigenvalue weighted by Crippen LogP contribution is -2.23. The Kier molecular flexibility index (Phi) is 5.50. The average molecular weight is 179 g/mol. The molecule has 1 N–H and O–H groups in total. The Morgan fingerprint density at radius 2 is 1.82 bits per heavy atom. The van der Waals surface area contributed by atoms with Crippen molar-refractivity contribution in [1.82, 2.24) is 5.32 Å². The van der Waals surface area contributed by atoms with Crippen molar-refractivity contribution >= 4 is 9.84 Å². The summed E-state index contributed by atoms with van der Waals surface area (Å²) in [6, 6.07) is 0. The zero-order chi connectivity index (χ0) is 8.74. The molecule has 0 aliphatic heterocycles. The first-order valence-electron chi connectivity index (χ1n) is 4.03. The van der Waals surface area contributed by atoms with E-state index in [4.69, 9.17) is 0 Å². The van der Waals surface area contributed by atoms with E-state index < -0.39 is 9.84 Å². The van der Waals surface area contributed by atoms with Crippen LogP contribution < -0.4 is 5.32 Å². The third-order valence-corrected chi connectivity index (χ3v) is 3.21. The molecule has 0 aliphatic rings. The van der Waals surface area contributed by atoms with Crippen molar-refractivity contribution in [2.45, 2.75) is 20.3 Å². The van der Waals surface area contributed by atoms with Crippen molar-refractivity contribution in [3.05, 3.63) is 0 Å². The third kappa shape index (κ3) is 6.31. The second kappa shape index (κ2) is 5.55. The monoisotopic (exact) mass is 179 g/mol. The fraction of sp³-hybridized carbons (Fsp3) is 1.00. The van der Waals surface area contributed by atoms with Crippen molar-refractivity contribution < 1.29 is 8.42 Å². The quantitative estimate of drug-likeness (QED) is 0.601. The maximum absolute atomic E-state index is 11.1. The Bertz CT molecular complexity index is 175. The van der Waals surface area contributed by atoms with Gasteiger partial charge in [0.1, 0.15) is 0 Å². The Hall–Kier alpha value is -0.0900. The second-order valence-electron chi connectivity index (χ2n) is 2.51. The number of hydrogen-bond acceptors (Lipinski definition) is 3. The lowest BCUT2D eigenvalue weighted by Gasteiger charge is -2.01. The fourth-order valence-corrected chi connectivity index (χ4v) is 2.10. The van der Waals surface area contributed by atoms with E-state index in [2.05, 4.69) is 5.32 Å². The highest BCUT2D eigenvalue weighted by Gasteiger charge is 2.07. The van der Waals surface area contributed by atoms with Gasteiger partial charge in [-0.25, -0.2) is 8.42 Å². The van der Waals surface area contributed by atoms with Gasteiger partial charge in [-0.3, -0.25) is 0 Å². The third-order valence-electron chi connectivity index (χ3n) is 1.35. The smallest absolute Gasteiger partial charge is 0.151 e. The van der Waals surface area contributed by atoms with Crippen LogP contribution in [-0.4, -0.2) is 33.0 Å². The summed E-state index contributed by atoms with van der Waals surface area (Å²) >= 11 is 0. The summed E-state index contributed by atoms with van der Waals surface area (Å²) in [6.07, 6.45) is 0.717. The number of rotatable bonds is 6. The summed E-state index contributed by atoms with van der Waals surface area (Å²) in [4.78, 5) is 0. The lowest BCUT2D eigenvalue weighted by atomic mass is 10.6. The van der Waals surface area contributed by atoms with Crippen molar-refractivity contribution in [1.29, 1.82) is 0 Å². The Morgan fingerprint density at radius 1 is 1.18 bits per heavy atom. The van der Waals surface area contributed by atoms with Crippen LogP contribution in [-0.2, 0) is 9.84 Å². The van der Waals surface area contributed by atoms with E-state index in [9.17, 15) is 8.42 Å². The topological polar surface area (TPSA) is 46.2 Å². The first-order valence-corrected chi connectivity index (χ1v) is 5.85. The Labute approximate surface area is 69.1 Å². The lowest BCUT2D eigenvalue weighted by molar-refractivity contribution is 0.590. The highest BCUT2D eigenvalue weighted by Crippen LogP contribution is 1.91. The predicted molar refractivity (Wildman–Crippen MR) is 47.5 cm³/mol. The molecule has 0 radical (unpaired) electrons. The second-order valence-corrected chi connectivity index (χ2v) is 4.81. The van der Waals surface area contributed by atoms with Crippen LogP contribution in [0.2, 0.25) is 0 Å². The molecule has 0 heterocycles. The molecule has 4 heteroatoms. The summed E-state index contributed by atoms with van der Waals surface area (Å²) in [6.45, 7) is 5.26. The van der Waals surface area contributed by atoms with Gasteiger partial charge in [0.25, 0.3) is 0 Å². The molecule has 0 aromatic rings. The van der Waals surface area contributed by atoms with E-state index >= 15 is 0 Å². The summed E-state index contributed by atoms with van der Waals surface area (Å²) in [7, 11) is -2.77. The highest BCUT2D eigenvalue weighted by molar-refractivity contribution is 7.91. The van der Waals surface area contributed by atoms with Crippen LogP contribution in [0, 0.1) is 0 Å². The minimum absolute atomic E-state index is 0.272. The van der Waals surface area contributed by atoms with Crippen molar-refractivity contribution in [3.63, 3.8) is 0 Å². The molecule has 68 valence electrons. The van der Waals surface area contributed by atoms with Crippen LogP contribution >= 0.6 is 0 Å².